The van der Waals surface area contributed by atoms with E-state index in [0.29, 0.717) is 11.9 Å². The van der Waals surface area contributed by atoms with Crippen LogP contribution in [-0.2, 0) is 0 Å². The Labute approximate surface area is 88.1 Å². The fourth-order valence-electron chi connectivity index (χ4n) is 1.64. The molecule has 0 atom stereocenters. The van der Waals surface area contributed by atoms with E-state index >= 15 is 0 Å². The van der Waals surface area contributed by atoms with Gasteiger partial charge in [-0.25, -0.2) is 4.98 Å². The summed E-state index contributed by atoms with van der Waals surface area (Å²) in [5.41, 5.74) is 0. The van der Waals surface area contributed by atoms with Crippen molar-refractivity contribution in [1.82, 2.24) is 20.5 Å². The molecule has 0 radical (unpaired) electrons. The average molecular weight is 217 g/mol. The number of amides is 1. The first-order valence-electron chi connectivity index (χ1n) is 4.52. The van der Waals surface area contributed by atoms with E-state index in [2.05, 4.69) is 20.5 Å². The quantitative estimate of drug-likeness (QED) is 0.772. The molecule has 1 fully saturated rings. The normalized spacial score (nSPS) is 16.3. The van der Waals surface area contributed by atoms with Gasteiger partial charge in [0.25, 0.3) is 5.91 Å². The van der Waals surface area contributed by atoms with Gasteiger partial charge in [-0.3, -0.25) is 9.89 Å². The van der Waals surface area contributed by atoms with Crippen LogP contribution in [0, 0.1) is 0 Å². The Hall–Kier alpha value is -1.10. The molecular weight excluding hydrogens is 204 g/mol. The maximum absolute atomic E-state index is 11.4. The third-order valence-corrected chi connectivity index (χ3v) is 2.32. The first-order chi connectivity index (χ1) is 6.36. The van der Waals surface area contributed by atoms with Crippen LogP contribution in [0.2, 0.25) is 0 Å². The second-order valence-corrected chi connectivity index (χ2v) is 3.29. The first kappa shape index (κ1) is 11.0. The lowest BCUT2D eigenvalue weighted by Crippen LogP contribution is -2.33. The van der Waals surface area contributed by atoms with Gasteiger partial charge in [-0.2, -0.15) is 5.10 Å². The first-order valence-corrected chi connectivity index (χ1v) is 4.52. The fourth-order valence-corrected chi connectivity index (χ4v) is 1.64. The lowest BCUT2D eigenvalue weighted by molar-refractivity contribution is 0.0928. The molecule has 2 N–H and O–H groups in total. The van der Waals surface area contributed by atoms with Crippen molar-refractivity contribution < 1.29 is 4.79 Å². The predicted octanol–water partition coefficient (Wildman–Crippen LogP) is 0.899. The highest BCUT2D eigenvalue weighted by Crippen LogP contribution is 2.17. The van der Waals surface area contributed by atoms with E-state index in [9.17, 15) is 4.79 Å². The number of rotatable bonds is 2. The van der Waals surface area contributed by atoms with E-state index in [0.717, 1.165) is 12.8 Å². The Morgan fingerprint density at radius 1 is 1.50 bits per heavy atom. The molecule has 0 aliphatic heterocycles. The smallest absolute Gasteiger partial charge is 0.288 e. The molecule has 1 aromatic heterocycles. The highest BCUT2D eigenvalue weighted by atomic mass is 35.5. The summed E-state index contributed by atoms with van der Waals surface area (Å²) in [5.74, 6) is 0.149. The molecule has 0 aromatic carbocycles. The minimum Gasteiger partial charge on any atom is -0.347 e. The van der Waals surface area contributed by atoms with Crippen molar-refractivity contribution >= 4 is 18.3 Å². The van der Waals surface area contributed by atoms with Crippen LogP contribution in [-0.4, -0.2) is 27.1 Å². The number of nitrogens with zero attached hydrogens (tertiary/aromatic N) is 2. The highest BCUT2D eigenvalue weighted by Gasteiger charge is 2.18. The average Bonchev–Trinajstić information content (AvgIpc) is 2.74. The maximum Gasteiger partial charge on any atom is 0.288 e. The third-order valence-electron chi connectivity index (χ3n) is 2.32. The third kappa shape index (κ3) is 2.45. The Balaban J connectivity index is 0.000000980. The molecule has 6 heteroatoms. The fraction of sp³-hybridized carbons (Fsp3) is 0.625. The van der Waals surface area contributed by atoms with E-state index in [4.69, 9.17) is 0 Å². The van der Waals surface area contributed by atoms with Gasteiger partial charge < -0.3 is 5.32 Å². The molecule has 78 valence electrons. The standard InChI is InChI=1S/C8H12N4O.ClH/c13-8(7-9-5-10-12-7)11-6-3-1-2-4-6;/h5-6H,1-4H2,(H,11,13)(H,9,10,12);1H. The summed E-state index contributed by atoms with van der Waals surface area (Å²) in [4.78, 5) is 15.2. The second kappa shape index (κ2) is 4.95. The molecule has 1 aliphatic rings. The summed E-state index contributed by atoms with van der Waals surface area (Å²) < 4.78 is 0. The number of hydrogen-bond donors (Lipinski definition) is 2. The highest BCUT2D eigenvalue weighted by molar-refractivity contribution is 5.90. The number of nitrogens with one attached hydrogen (secondary N) is 2. The van der Waals surface area contributed by atoms with Gasteiger partial charge in [0.15, 0.2) is 0 Å². The maximum atomic E-state index is 11.4. The zero-order valence-corrected chi connectivity index (χ0v) is 8.51. The second-order valence-electron chi connectivity index (χ2n) is 3.29. The minimum absolute atomic E-state index is 0. The van der Waals surface area contributed by atoms with Crippen LogP contribution < -0.4 is 5.32 Å². The van der Waals surface area contributed by atoms with E-state index in [1.165, 1.54) is 19.2 Å². The van der Waals surface area contributed by atoms with E-state index in [1.807, 2.05) is 0 Å². The Bertz CT molecular complexity index is 282. The Morgan fingerprint density at radius 3 is 2.79 bits per heavy atom. The zero-order chi connectivity index (χ0) is 9.10. The van der Waals surface area contributed by atoms with Crippen molar-refractivity contribution in [2.75, 3.05) is 0 Å². The van der Waals surface area contributed by atoms with Gasteiger partial charge in [0.05, 0.1) is 0 Å². The van der Waals surface area contributed by atoms with Crippen molar-refractivity contribution in [1.29, 1.82) is 0 Å². The van der Waals surface area contributed by atoms with Gasteiger partial charge in [-0.1, -0.05) is 12.8 Å². The van der Waals surface area contributed by atoms with E-state index in [1.54, 1.807) is 0 Å². The molecule has 0 bridgehead atoms. The molecule has 1 aromatic rings. The van der Waals surface area contributed by atoms with Crippen molar-refractivity contribution in [3.05, 3.63) is 12.2 Å². The van der Waals surface area contributed by atoms with Crippen molar-refractivity contribution in [2.45, 2.75) is 31.7 Å². The van der Waals surface area contributed by atoms with Gasteiger partial charge >= 0.3 is 0 Å². The molecule has 0 spiro atoms. The van der Waals surface area contributed by atoms with E-state index < -0.39 is 0 Å². The molecule has 2 rings (SSSR count). The van der Waals surface area contributed by atoms with Crippen LogP contribution in [0.3, 0.4) is 0 Å². The van der Waals surface area contributed by atoms with Crippen LogP contribution in [0.15, 0.2) is 6.33 Å². The van der Waals surface area contributed by atoms with Gasteiger partial charge in [0.2, 0.25) is 5.82 Å². The Kier molecular flexibility index (Phi) is 3.88. The predicted molar refractivity (Wildman–Crippen MR) is 53.4 cm³/mol. The van der Waals surface area contributed by atoms with Gasteiger partial charge in [-0.15, -0.1) is 12.4 Å². The molecule has 5 nitrogen and oxygen atoms in total. The number of hydrogen-bond acceptors (Lipinski definition) is 3. The molecule has 0 unspecified atom stereocenters. The monoisotopic (exact) mass is 216 g/mol. The summed E-state index contributed by atoms with van der Waals surface area (Å²) in [7, 11) is 0. The minimum atomic E-state index is -0.149. The number of aromatic amines is 1. The van der Waals surface area contributed by atoms with Crippen LogP contribution in [0.25, 0.3) is 0 Å². The molecular formula is C8H13ClN4O. The Morgan fingerprint density at radius 2 is 2.21 bits per heavy atom. The lowest BCUT2D eigenvalue weighted by atomic mass is 10.2. The largest absolute Gasteiger partial charge is 0.347 e. The van der Waals surface area contributed by atoms with Crippen LogP contribution in [0.5, 0.6) is 0 Å². The van der Waals surface area contributed by atoms with Crippen molar-refractivity contribution in [3.8, 4) is 0 Å². The van der Waals surface area contributed by atoms with Crippen molar-refractivity contribution in [3.63, 3.8) is 0 Å². The molecule has 1 amide bonds. The van der Waals surface area contributed by atoms with Crippen LogP contribution in [0.4, 0.5) is 0 Å². The molecule has 0 saturated heterocycles. The molecule has 1 aliphatic carbocycles. The van der Waals surface area contributed by atoms with Crippen molar-refractivity contribution in [2.24, 2.45) is 0 Å². The number of carbonyl (C=O) groups excluding carboxylic acids is 1. The van der Waals surface area contributed by atoms with Gasteiger partial charge in [-0.05, 0) is 12.8 Å². The lowest BCUT2D eigenvalue weighted by Gasteiger charge is -2.09. The van der Waals surface area contributed by atoms with Gasteiger partial charge in [0, 0.05) is 6.04 Å². The SMILES string of the molecule is Cl.O=C(NC1CCCC1)c1ncn[nH]1. The number of carbonyl (C=O) groups is 1. The number of H-pyrrole nitrogens is 1. The van der Waals surface area contributed by atoms with Gasteiger partial charge in [0.1, 0.15) is 6.33 Å². The van der Waals surface area contributed by atoms with Crippen LogP contribution in [0.1, 0.15) is 36.3 Å². The summed E-state index contributed by atoms with van der Waals surface area (Å²) in [6.45, 7) is 0. The summed E-state index contributed by atoms with van der Waals surface area (Å²) in [6, 6.07) is 0.331. The zero-order valence-electron chi connectivity index (χ0n) is 7.69. The van der Waals surface area contributed by atoms with E-state index in [-0.39, 0.29) is 18.3 Å². The number of aromatic nitrogens is 3. The number of halogens is 1. The summed E-state index contributed by atoms with van der Waals surface area (Å²) in [6.07, 6.45) is 5.92. The molecule has 14 heavy (non-hydrogen) atoms. The molecule has 1 heterocycles. The van der Waals surface area contributed by atoms with Crippen LogP contribution >= 0.6 is 12.4 Å². The summed E-state index contributed by atoms with van der Waals surface area (Å²) >= 11 is 0. The topological polar surface area (TPSA) is 70.7 Å². The molecule has 1 saturated carbocycles. The summed E-state index contributed by atoms with van der Waals surface area (Å²) in [5, 5.41) is 9.07.